The van der Waals surface area contributed by atoms with Crippen molar-refractivity contribution in [2.75, 3.05) is 30.0 Å². The van der Waals surface area contributed by atoms with Crippen molar-refractivity contribution in [1.29, 1.82) is 0 Å². The number of carbonyl (C=O) groups excluding carboxylic acids is 2. The van der Waals surface area contributed by atoms with Gasteiger partial charge in [-0.05, 0) is 56.1 Å². The van der Waals surface area contributed by atoms with Crippen LogP contribution in [0.15, 0.2) is 30.4 Å². The van der Waals surface area contributed by atoms with Gasteiger partial charge in [0, 0.05) is 5.69 Å². The van der Waals surface area contributed by atoms with Gasteiger partial charge in [0.2, 0.25) is 5.91 Å². The minimum Gasteiger partial charge on any atom is -0.507 e. The van der Waals surface area contributed by atoms with Crippen molar-refractivity contribution in [3.05, 3.63) is 35.9 Å². The van der Waals surface area contributed by atoms with Crippen LogP contribution >= 0.6 is 11.8 Å². The van der Waals surface area contributed by atoms with E-state index >= 15 is 0 Å². The Kier molecular flexibility index (Phi) is 17.0. The highest BCUT2D eigenvalue weighted by atomic mass is 32.2. The molecule has 0 saturated carbocycles. The lowest BCUT2D eigenvalue weighted by atomic mass is 10.1. The molecule has 1 aromatic carbocycles. The summed E-state index contributed by atoms with van der Waals surface area (Å²) in [6.45, 7) is 2.41. The fraction of sp³-hybridized carbons (Fsp3) is 0.577. The lowest BCUT2D eigenvalue weighted by Crippen LogP contribution is -2.30. The minimum atomic E-state index is -1.31. The van der Waals surface area contributed by atoms with Gasteiger partial charge < -0.3 is 20.3 Å². The number of thioether (sulfide) groups is 1. The standard InChI is InChI=1S/C26H40N2O6S/c1-2-3-4-5-6-7-8-9-10-11-12-13-18-35-20-24(30)27-16-17-34-26(33)28-21-14-15-23(29)22(19-21)25(31)32/h8-9,14-15,19,29H,2-7,10-13,16-18,20H2,1H3,(H,27,30)(H,28,33)(H,31,32)/b9-8-. The Labute approximate surface area is 212 Å². The van der Waals surface area contributed by atoms with Crippen molar-refractivity contribution in [1.82, 2.24) is 5.32 Å². The molecule has 0 unspecified atom stereocenters. The van der Waals surface area contributed by atoms with Gasteiger partial charge in [-0.2, -0.15) is 11.8 Å². The summed E-state index contributed by atoms with van der Waals surface area (Å²) in [6, 6.07) is 3.66. The molecule has 0 radical (unpaired) electrons. The predicted octanol–water partition coefficient (Wildman–Crippen LogP) is 5.97. The first-order valence-corrected chi connectivity index (χ1v) is 13.6. The maximum absolute atomic E-state index is 11.9. The normalized spacial score (nSPS) is 10.9. The summed E-state index contributed by atoms with van der Waals surface area (Å²) in [5, 5.41) is 23.5. The molecule has 0 aromatic heterocycles. The number of ether oxygens (including phenoxy) is 1. The Morgan fingerprint density at radius 3 is 2.37 bits per heavy atom. The predicted molar refractivity (Wildman–Crippen MR) is 141 cm³/mol. The summed E-state index contributed by atoms with van der Waals surface area (Å²) >= 11 is 1.60. The zero-order valence-electron chi connectivity index (χ0n) is 20.7. The number of rotatable bonds is 19. The molecule has 2 amide bonds. The van der Waals surface area contributed by atoms with E-state index < -0.39 is 17.8 Å². The number of carbonyl (C=O) groups is 3. The van der Waals surface area contributed by atoms with E-state index in [1.54, 1.807) is 11.8 Å². The van der Waals surface area contributed by atoms with Crippen LogP contribution in [-0.4, -0.2) is 52.8 Å². The summed E-state index contributed by atoms with van der Waals surface area (Å²) in [7, 11) is 0. The van der Waals surface area contributed by atoms with Crippen molar-refractivity contribution in [3.63, 3.8) is 0 Å². The van der Waals surface area contributed by atoms with Crippen molar-refractivity contribution in [2.24, 2.45) is 0 Å². The van der Waals surface area contributed by atoms with E-state index in [0.29, 0.717) is 5.75 Å². The Hall–Kier alpha value is -2.68. The molecule has 0 saturated heterocycles. The number of anilines is 1. The van der Waals surface area contributed by atoms with Gasteiger partial charge in [0.1, 0.15) is 17.9 Å². The number of unbranched alkanes of at least 4 members (excludes halogenated alkanes) is 8. The van der Waals surface area contributed by atoms with Crippen molar-refractivity contribution >= 4 is 35.4 Å². The van der Waals surface area contributed by atoms with Gasteiger partial charge in [-0.15, -0.1) is 0 Å². The fourth-order valence-electron chi connectivity index (χ4n) is 3.23. The quantitative estimate of drug-likeness (QED) is 0.103. The summed E-state index contributed by atoms with van der Waals surface area (Å²) in [5.41, 5.74) is -0.146. The van der Waals surface area contributed by atoms with Crippen LogP contribution in [-0.2, 0) is 9.53 Å². The molecule has 0 heterocycles. The van der Waals surface area contributed by atoms with E-state index in [4.69, 9.17) is 9.84 Å². The van der Waals surface area contributed by atoms with Crippen LogP contribution in [0.3, 0.4) is 0 Å². The second kappa shape index (κ2) is 19.6. The third kappa shape index (κ3) is 15.8. The molecule has 8 nitrogen and oxygen atoms in total. The van der Waals surface area contributed by atoms with E-state index in [9.17, 15) is 19.5 Å². The molecule has 0 aliphatic carbocycles. The highest BCUT2D eigenvalue weighted by Crippen LogP contribution is 2.21. The van der Waals surface area contributed by atoms with Crippen LogP contribution in [0.1, 0.15) is 81.5 Å². The molecule has 0 aliphatic heterocycles. The Balaban J connectivity index is 1.98. The number of allylic oxidation sites excluding steroid dienone is 2. The van der Waals surface area contributed by atoms with Crippen LogP contribution < -0.4 is 10.6 Å². The smallest absolute Gasteiger partial charge is 0.411 e. The van der Waals surface area contributed by atoms with E-state index in [0.717, 1.165) is 31.1 Å². The highest BCUT2D eigenvalue weighted by Gasteiger charge is 2.12. The first-order chi connectivity index (χ1) is 16.9. The molecule has 9 heteroatoms. The zero-order chi connectivity index (χ0) is 25.7. The first kappa shape index (κ1) is 30.4. The Morgan fingerprint density at radius 2 is 1.69 bits per heavy atom. The second-order valence-electron chi connectivity index (χ2n) is 8.22. The number of phenols is 1. The van der Waals surface area contributed by atoms with Gasteiger partial charge in [-0.3, -0.25) is 10.1 Å². The third-order valence-corrected chi connectivity index (χ3v) is 6.21. The summed E-state index contributed by atoms with van der Waals surface area (Å²) in [6.07, 6.45) is 16.2. The maximum atomic E-state index is 11.9. The zero-order valence-corrected chi connectivity index (χ0v) is 21.5. The van der Waals surface area contributed by atoms with E-state index in [2.05, 4.69) is 29.7 Å². The molecule has 4 N–H and O–H groups in total. The minimum absolute atomic E-state index is 0.0155. The highest BCUT2D eigenvalue weighted by molar-refractivity contribution is 7.99. The second-order valence-corrected chi connectivity index (χ2v) is 9.33. The molecule has 1 aromatic rings. The lowest BCUT2D eigenvalue weighted by Gasteiger charge is -2.09. The average Bonchev–Trinajstić information content (AvgIpc) is 2.83. The van der Waals surface area contributed by atoms with E-state index in [1.165, 1.54) is 57.1 Å². The first-order valence-electron chi connectivity index (χ1n) is 12.4. The molecule has 1 rings (SSSR count). The average molecular weight is 509 g/mol. The third-order valence-electron chi connectivity index (χ3n) is 5.16. The monoisotopic (exact) mass is 508 g/mol. The molecule has 35 heavy (non-hydrogen) atoms. The number of carboxylic acids is 1. The molecular formula is C26H40N2O6S. The number of aromatic hydroxyl groups is 1. The fourth-order valence-corrected chi connectivity index (χ4v) is 4.07. The summed E-state index contributed by atoms with van der Waals surface area (Å²) < 4.78 is 4.97. The Bertz CT molecular complexity index is 800. The van der Waals surface area contributed by atoms with Gasteiger partial charge in [0.15, 0.2) is 0 Å². The van der Waals surface area contributed by atoms with E-state index in [1.807, 2.05) is 0 Å². The number of benzene rings is 1. The largest absolute Gasteiger partial charge is 0.507 e. The number of amides is 2. The number of hydrogen-bond donors (Lipinski definition) is 4. The van der Waals surface area contributed by atoms with Gasteiger partial charge in [-0.25, -0.2) is 9.59 Å². The molecule has 196 valence electrons. The summed E-state index contributed by atoms with van der Waals surface area (Å²) in [4.78, 5) is 34.6. The maximum Gasteiger partial charge on any atom is 0.411 e. The molecular weight excluding hydrogens is 468 g/mol. The number of hydrogen-bond acceptors (Lipinski definition) is 6. The van der Waals surface area contributed by atoms with Crippen LogP contribution in [0.5, 0.6) is 5.75 Å². The number of aromatic carboxylic acids is 1. The van der Waals surface area contributed by atoms with Gasteiger partial charge in [0.05, 0.1) is 12.3 Å². The number of nitrogens with one attached hydrogen (secondary N) is 2. The van der Waals surface area contributed by atoms with Crippen LogP contribution in [0, 0.1) is 0 Å². The van der Waals surface area contributed by atoms with E-state index in [-0.39, 0.29) is 30.3 Å². The van der Waals surface area contributed by atoms with Crippen molar-refractivity contribution in [2.45, 2.75) is 71.1 Å². The molecule has 0 aliphatic rings. The number of carboxylic acid groups (broad SMARTS) is 1. The van der Waals surface area contributed by atoms with Crippen LogP contribution in [0.4, 0.5) is 10.5 Å². The van der Waals surface area contributed by atoms with Crippen LogP contribution in [0.25, 0.3) is 0 Å². The van der Waals surface area contributed by atoms with Crippen molar-refractivity contribution in [3.8, 4) is 5.75 Å². The van der Waals surface area contributed by atoms with Crippen molar-refractivity contribution < 1.29 is 29.3 Å². The van der Waals surface area contributed by atoms with Crippen LogP contribution in [0.2, 0.25) is 0 Å². The molecule has 0 fully saturated rings. The SMILES string of the molecule is CCCCCCC/C=C\CCCCCSCC(=O)NCCOC(=O)Nc1ccc(O)c(C(=O)O)c1. The van der Waals surface area contributed by atoms with Gasteiger partial charge in [0.25, 0.3) is 0 Å². The molecule has 0 atom stereocenters. The summed E-state index contributed by atoms with van der Waals surface area (Å²) in [5.74, 6) is -0.497. The Morgan fingerprint density at radius 1 is 1.00 bits per heavy atom. The molecule has 0 bridgehead atoms. The van der Waals surface area contributed by atoms with Gasteiger partial charge >= 0.3 is 12.1 Å². The van der Waals surface area contributed by atoms with Gasteiger partial charge in [-0.1, -0.05) is 51.2 Å². The molecule has 0 spiro atoms. The topological polar surface area (TPSA) is 125 Å². The lowest BCUT2D eigenvalue weighted by molar-refractivity contribution is -0.118.